The van der Waals surface area contributed by atoms with Crippen molar-refractivity contribution < 1.29 is 4.79 Å². The third-order valence-corrected chi connectivity index (χ3v) is 3.43. The number of rotatable bonds is 4. The van der Waals surface area contributed by atoms with Gasteiger partial charge < -0.3 is 0 Å². The van der Waals surface area contributed by atoms with Crippen LogP contribution in [0.25, 0.3) is 0 Å². The molecule has 5 heteroatoms. The molecule has 0 aliphatic carbocycles. The lowest BCUT2D eigenvalue weighted by Crippen LogP contribution is -2.36. The van der Waals surface area contributed by atoms with Gasteiger partial charge in [-0.3, -0.25) is 9.80 Å². The Kier molecular flexibility index (Phi) is 4.10. The summed E-state index contributed by atoms with van der Waals surface area (Å²) in [5.41, 5.74) is 0.698. The van der Waals surface area contributed by atoms with Crippen LogP contribution in [0.15, 0.2) is 35.4 Å². The molecule has 0 radical (unpaired) electrons. The van der Waals surface area contributed by atoms with Gasteiger partial charge in [-0.1, -0.05) is 44.2 Å². The van der Waals surface area contributed by atoms with Crippen molar-refractivity contribution >= 4 is 23.4 Å². The fourth-order valence-corrected chi connectivity index (χ4v) is 2.33. The van der Waals surface area contributed by atoms with Gasteiger partial charge in [0.2, 0.25) is 0 Å². The van der Waals surface area contributed by atoms with Gasteiger partial charge in [-0.25, -0.2) is 4.42 Å². The molecule has 0 saturated heterocycles. The van der Waals surface area contributed by atoms with Crippen molar-refractivity contribution in [3.63, 3.8) is 0 Å². The van der Waals surface area contributed by atoms with Crippen LogP contribution in [0.2, 0.25) is 0 Å². The average molecular weight is 280 g/mol. The lowest BCUT2D eigenvalue weighted by atomic mass is 10.1. The Morgan fingerprint density at radius 2 is 1.89 bits per heavy atom. The Bertz CT molecular complexity index is 487. The highest BCUT2D eigenvalue weighted by atomic mass is 35.5. The quantitative estimate of drug-likeness (QED) is 0.628. The van der Waals surface area contributed by atoms with E-state index < -0.39 is 0 Å². The number of halogens is 1. The first-order valence-corrected chi connectivity index (χ1v) is 6.72. The molecule has 0 amide bonds. The van der Waals surface area contributed by atoms with E-state index >= 15 is 0 Å². The summed E-state index contributed by atoms with van der Waals surface area (Å²) in [6.45, 7) is 6.35. The van der Waals surface area contributed by atoms with E-state index in [1.54, 1.807) is 9.43 Å². The predicted octanol–water partition coefficient (Wildman–Crippen LogP) is 2.96. The second kappa shape index (κ2) is 5.61. The monoisotopic (exact) mass is 279 g/mol. The van der Waals surface area contributed by atoms with Crippen LogP contribution in [0.1, 0.15) is 31.1 Å². The minimum atomic E-state index is -0.320. The van der Waals surface area contributed by atoms with Crippen LogP contribution in [0.4, 0.5) is 0 Å². The first-order chi connectivity index (χ1) is 9.00. The van der Waals surface area contributed by atoms with Crippen LogP contribution in [-0.2, 0) is 0 Å². The molecule has 1 unspecified atom stereocenters. The fraction of sp³-hybridized carbons (Fsp3) is 0.429. The highest BCUT2D eigenvalue weighted by Gasteiger charge is 2.30. The van der Waals surface area contributed by atoms with Gasteiger partial charge in [-0.05, 0) is 6.92 Å². The molecule has 1 aromatic carbocycles. The summed E-state index contributed by atoms with van der Waals surface area (Å²) in [6.07, 6.45) is 0. The number of carbonyl (C=O) groups excluding carboxylic acids is 1. The van der Waals surface area contributed by atoms with Crippen molar-refractivity contribution in [3.05, 3.63) is 35.9 Å². The Labute approximate surface area is 118 Å². The van der Waals surface area contributed by atoms with E-state index in [1.807, 2.05) is 51.1 Å². The molecule has 0 fully saturated rings. The van der Waals surface area contributed by atoms with Crippen molar-refractivity contribution in [2.24, 2.45) is 11.0 Å². The number of hydrogen-bond acceptors (Lipinski definition) is 4. The summed E-state index contributed by atoms with van der Waals surface area (Å²) in [5.74, 6) is 1.09. The fourth-order valence-electron chi connectivity index (χ4n) is 2.00. The summed E-state index contributed by atoms with van der Waals surface area (Å²) >= 11 is 6.11. The van der Waals surface area contributed by atoms with Crippen LogP contribution in [-0.4, -0.2) is 33.8 Å². The van der Waals surface area contributed by atoms with Gasteiger partial charge in [0.25, 0.3) is 0 Å². The third-order valence-electron chi connectivity index (χ3n) is 3.15. The molecular weight excluding hydrogens is 262 g/mol. The zero-order valence-corrected chi connectivity index (χ0v) is 12.1. The molecule has 0 spiro atoms. The number of ketones is 1. The van der Waals surface area contributed by atoms with E-state index in [0.29, 0.717) is 12.2 Å². The van der Waals surface area contributed by atoms with Crippen LogP contribution >= 0.6 is 11.8 Å². The lowest BCUT2D eigenvalue weighted by Gasteiger charge is -2.21. The molecule has 1 atom stereocenters. The van der Waals surface area contributed by atoms with Crippen LogP contribution in [0.3, 0.4) is 0 Å². The summed E-state index contributed by atoms with van der Waals surface area (Å²) in [4.78, 5) is 12.3. The number of hydrogen-bond donors (Lipinski definition) is 0. The van der Waals surface area contributed by atoms with E-state index in [4.69, 9.17) is 11.8 Å². The van der Waals surface area contributed by atoms with Crippen molar-refractivity contribution in [2.75, 3.05) is 6.67 Å². The molecular formula is C14H18ClN3O. The van der Waals surface area contributed by atoms with Crippen molar-refractivity contribution in [2.45, 2.75) is 26.8 Å². The van der Waals surface area contributed by atoms with Crippen LogP contribution in [0, 0.1) is 5.92 Å². The molecule has 0 bridgehead atoms. The van der Waals surface area contributed by atoms with Crippen molar-refractivity contribution in [1.82, 2.24) is 9.43 Å². The van der Waals surface area contributed by atoms with Gasteiger partial charge in [0.15, 0.2) is 5.78 Å². The maximum Gasteiger partial charge on any atom is 0.186 e. The molecule has 0 aromatic heterocycles. The van der Waals surface area contributed by atoms with Crippen molar-refractivity contribution in [3.8, 4) is 0 Å². The van der Waals surface area contributed by atoms with Gasteiger partial charge in [-0.2, -0.15) is 5.10 Å². The summed E-state index contributed by atoms with van der Waals surface area (Å²) in [6, 6.07) is 8.94. The van der Waals surface area contributed by atoms with Gasteiger partial charge in [0, 0.05) is 23.3 Å². The normalized spacial score (nSPS) is 16.8. The zero-order chi connectivity index (χ0) is 14.0. The average Bonchev–Trinajstić information content (AvgIpc) is 2.80. The molecule has 0 N–H and O–H groups in total. The number of Topliss-reactive ketones (excluding diaryl/α,β-unsaturated/α-hetero) is 1. The van der Waals surface area contributed by atoms with E-state index in [-0.39, 0.29) is 17.7 Å². The second-order valence-electron chi connectivity index (χ2n) is 4.96. The van der Waals surface area contributed by atoms with Crippen LogP contribution in [0.5, 0.6) is 0 Å². The first-order valence-electron chi connectivity index (χ1n) is 6.38. The number of nitrogens with zero attached hydrogens (tertiary/aromatic N) is 3. The molecule has 1 aliphatic rings. The smallest absolute Gasteiger partial charge is 0.186 e. The largest absolute Gasteiger partial charge is 0.292 e. The predicted molar refractivity (Wildman–Crippen MR) is 76.9 cm³/mol. The minimum Gasteiger partial charge on any atom is -0.292 e. The number of carbonyl (C=O) groups is 1. The Morgan fingerprint density at radius 1 is 1.26 bits per heavy atom. The minimum absolute atomic E-state index is 0.0550. The lowest BCUT2D eigenvalue weighted by molar-refractivity contribution is 0.0839. The Balaban J connectivity index is 2.13. The molecule has 0 saturated carbocycles. The van der Waals surface area contributed by atoms with Gasteiger partial charge in [-0.15, -0.1) is 0 Å². The SMILES string of the molecule is CC(C)C1=NN(C(C)C(=O)c2ccccc2)CN1Cl. The van der Waals surface area contributed by atoms with E-state index in [2.05, 4.69) is 5.10 Å². The molecule has 1 aromatic rings. The molecule has 4 nitrogen and oxygen atoms in total. The van der Waals surface area contributed by atoms with E-state index in [1.165, 1.54) is 0 Å². The second-order valence-corrected chi connectivity index (χ2v) is 5.37. The Morgan fingerprint density at radius 3 is 2.42 bits per heavy atom. The third kappa shape index (κ3) is 2.89. The van der Waals surface area contributed by atoms with Gasteiger partial charge in [0.05, 0.1) is 0 Å². The first kappa shape index (κ1) is 13.9. The number of benzene rings is 1. The summed E-state index contributed by atoms with van der Waals surface area (Å²) < 4.78 is 1.57. The van der Waals surface area contributed by atoms with E-state index in [9.17, 15) is 4.79 Å². The maximum absolute atomic E-state index is 12.3. The molecule has 1 aliphatic heterocycles. The molecule has 102 valence electrons. The van der Waals surface area contributed by atoms with Crippen LogP contribution < -0.4 is 0 Å². The highest BCUT2D eigenvalue weighted by Crippen LogP contribution is 2.20. The molecule has 19 heavy (non-hydrogen) atoms. The molecule has 2 rings (SSSR count). The maximum atomic E-state index is 12.3. The number of amidine groups is 1. The highest BCUT2D eigenvalue weighted by molar-refractivity contribution is 6.22. The summed E-state index contributed by atoms with van der Waals surface area (Å²) in [7, 11) is 0. The van der Waals surface area contributed by atoms with Crippen molar-refractivity contribution in [1.29, 1.82) is 0 Å². The Hall–Kier alpha value is -1.55. The standard InChI is InChI=1S/C14H18ClN3O/c1-10(2)14-16-18(9-17(14)15)11(3)13(19)12-7-5-4-6-8-12/h4-8,10-11H,9H2,1-3H3. The zero-order valence-electron chi connectivity index (χ0n) is 11.4. The number of hydrazone groups is 1. The van der Waals surface area contributed by atoms with Gasteiger partial charge in [0.1, 0.15) is 18.5 Å². The molecule has 1 heterocycles. The van der Waals surface area contributed by atoms with Gasteiger partial charge >= 0.3 is 0 Å². The summed E-state index contributed by atoms with van der Waals surface area (Å²) in [5, 5.41) is 6.17. The van der Waals surface area contributed by atoms with E-state index in [0.717, 1.165) is 5.84 Å². The topological polar surface area (TPSA) is 35.9 Å².